The maximum atomic E-state index is 12.8. The van der Waals surface area contributed by atoms with Gasteiger partial charge in [-0.2, -0.15) is 0 Å². The van der Waals surface area contributed by atoms with Gasteiger partial charge in [-0.15, -0.1) is 11.8 Å². The van der Waals surface area contributed by atoms with Gasteiger partial charge in [-0.05, 0) is 19.4 Å². The minimum absolute atomic E-state index is 0.0558. The molecule has 5 nitrogen and oxygen atoms in total. The van der Waals surface area contributed by atoms with Crippen LogP contribution in [0.1, 0.15) is 19.4 Å². The monoisotopic (exact) mass is 319 g/mol. The second-order valence-electron chi connectivity index (χ2n) is 6.68. The summed E-state index contributed by atoms with van der Waals surface area (Å²) in [4.78, 5) is 28.4. The van der Waals surface area contributed by atoms with Crippen LogP contribution >= 0.6 is 11.8 Å². The third kappa shape index (κ3) is 2.21. The summed E-state index contributed by atoms with van der Waals surface area (Å²) in [6.45, 7) is 5.24. The van der Waals surface area contributed by atoms with E-state index in [0.29, 0.717) is 13.1 Å². The Morgan fingerprint density at radius 1 is 1.41 bits per heavy atom. The summed E-state index contributed by atoms with van der Waals surface area (Å²) in [6.07, 6.45) is 0. The van der Waals surface area contributed by atoms with Crippen LogP contribution in [0.5, 0.6) is 0 Å². The van der Waals surface area contributed by atoms with Crippen LogP contribution < -0.4 is 5.73 Å². The zero-order chi connectivity index (χ0) is 16.1. The largest absolute Gasteiger partial charge is 0.339 e. The van der Waals surface area contributed by atoms with Gasteiger partial charge >= 0.3 is 0 Å². The summed E-state index contributed by atoms with van der Waals surface area (Å²) in [5, 5.41) is -0.249. The number of nitrogens with zero attached hydrogens (tertiary/aromatic N) is 2. The number of carbonyl (C=O) groups excluding carboxylic acids is 2. The lowest BCUT2D eigenvalue weighted by molar-refractivity contribution is -0.163. The van der Waals surface area contributed by atoms with Crippen LogP contribution in [-0.4, -0.2) is 50.9 Å². The van der Waals surface area contributed by atoms with E-state index in [-0.39, 0.29) is 21.9 Å². The molecule has 0 bridgehead atoms. The summed E-state index contributed by atoms with van der Waals surface area (Å²) < 4.78 is -0.0558. The number of benzene rings is 1. The predicted octanol–water partition coefficient (Wildman–Crippen LogP) is 1.04. The van der Waals surface area contributed by atoms with Gasteiger partial charge in [0.15, 0.2) is 0 Å². The van der Waals surface area contributed by atoms with Crippen LogP contribution in [0.4, 0.5) is 0 Å². The molecule has 22 heavy (non-hydrogen) atoms. The summed E-state index contributed by atoms with van der Waals surface area (Å²) in [6, 6.07) is 9.69. The molecule has 6 heteroatoms. The highest BCUT2D eigenvalue weighted by Crippen LogP contribution is 2.50. The molecule has 0 saturated carbocycles. The van der Waals surface area contributed by atoms with E-state index < -0.39 is 5.54 Å². The SMILES string of the molecule is CN(Cc1ccccc1)C(=O)C1(N)C(=O)N2CC(C)(C)S[C@H]21. The number of β-lactam (4-membered cyclic amide) rings is 1. The van der Waals surface area contributed by atoms with Gasteiger partial charge in [-0.3, -0.25) is 9.59 Å². The lowest BCUT2D eigenvalue weighted by atomic mass is 9.87. The summed E-state index contributed by atoms with van der Waals surface area (Å²) in [5.74, 6) is -0.548. The highest BCUT2D eigenvalue weighted by molar-refractivity contribution is 8.01. The van der Waals surface area contributed by atoms with Gasteiger partial charge in [0, 0.05) is 24.9 Å². The second kappa shape index (κ2) is 4.99. The Labute approximate surface area is 134 Å². The van der Waals surface area contributed by atoms with Crippen molar-refractivity contribution in [3.63, 3.8) is 0 Å². The van der Waals surface area contributed by atoms with E-state index in [4.69, 9.17) is 5.73 Å². The first-order valence-electron chi connectivity index (χ1n) is 7.33. The second-order valence-corrected chi connectivity index (χ2v) is 8.47. The highest BCUT2D eigenvalue weighted by atomic mass is 32.2. The molecule has 1 aromatic rings. The Balaban J connectivity index is 1.76. The van der Waals surface area contributed by atoms with Crippen molar-refractivity contribution in [1.29, 1.82) is 0 Å². The van der Waals surface area contributed by atoms with E-state index in [1.165, 1.54) is 0 Å². The summed E-state index contributed by atoms with van der Waals surface area (Å²) in [5.41, 5.74) is 5.85. The Hall–Kier alpha value is -1.53. The van der Waals surface area contributed by atoms with Crippen molar-refractivity contribution in [1.82, 2.24) is 9.80 Å². The minimum Gasteiger partial charge on any atom is -0.339 e. The van der Waals surface area contributed by atoms with Crippen molar-refractivity contribution in [2.75, 3.05) is 13.6 Å². The molecule has 2 atom stereocenters. The first kappa shape index (κ1) is 15.4. The normalized spacial score (nSPS) is 29.0. The Bertz CT molecular complexity index is 619. The summed E-state index contributed by atoms with van der Waals surface area (Å²) >= 11 is 1.61. The number of carbonyl (C=O) groups is 2. The topological polar surface area (TPSA) is 66.6 Å². The Morgan fingerprint density at radius 2 is 2.05 bits per heavy atom. The van der Waals surface area contributed by atoms with Gasteiger partial charge in [-0.1, -0.05) is 30.3 Å². The van der Waals surface area contributed by atoms with E-state index in [0.717, 1.165) is 5.56 Å². The first-order valence-corrected chi connectivity index (χ1v) is 8.21. The lowest BCUT2D eigenvalue weighted by Gasteiger charge is -2.49. The van der Waals surface area contributed by atoms with Crippen LogP contribution in [0, 0.1) is 0 Å². The number of hydrogen-bond donors (Lipinski definition) is 1. The van der Waals surface area contributed by atoms with Crippen molar-refractivity contribution in [2.45, 2.75) is 36.1 Å². The van der Waals surface area contributed by atoms with Crippen molar-refractivity contribution >= 4 is 23.6 Å². The Kier molecular flexibility index (Phi) is 3.49. The number of rotatable bonds is 3. The molecule has 118 valence electrons. The Morgan fingerprint density at radius 3 is 2.68 bits per heavy atom. The van der Waals surface area contributed by atoms with Crippen LogP contribution in [0.25, 0.3) is 0 Å². The van der Waals surface area contributed by atoms with E-state index in [1.807, 2.05) is 30.3 Å². The quantitative estimate of drug-likeness (QED) is 0.668. The van der Waals surface area contributed by atoms with Crippen molar-refractivity contribution in [3.05, 3.63) is 35.9 Å². The van der Waals surface area contributed by atoms with Crippen LogP contribution in [0.2, 0.25) is 0 Å². The molecule has 1 aromatic carbocycles. The van der Waals surface area contributed by atoms with Gasteiger partial charge in [0.05, 0.1) is 0 Å². The standard InChI is InChI=1S/C16H21N3O2S/c1-15(2)10-19-13(21)16(17,14(19)22-15)12(20)18(3)9-11-7-5-4-6-8-11/h4-8,14H,9-10,17H2,1-3H3/t14-,16?/m0/s1. The fourth-order valence-electron chi connectivity index (χ4n) is 3.13. The molecule has 2 saturated heterocycles. The maximum absolute atomic E-state index is 12.8. The molecular weight excluding hydrogens is 298 g/mol. The van der Waals surface area contributed by atoms with Gasteiger partial charge in [-0.25, -0.2) is 0 Å². The van der Waals surface area contributed by atoms with Gasteiger partial charge in [0.2, 0.25) is 5.54 Å². The van der Waals surface area contributed by atoms with Gasteiger partial charge in [0.25, 0.3) is 11.8 Å². The molecule has 2 aliphatic heterocycles. The maximum Gasteiger partial charge on any atom is 0.256 e. The van der Waals surface area contributed by atoms with Crippen molar-refractivity contribution in [3.8, 4) is 0 Å². The van der Waals surface area contributed by atoms with Crippen LogP contribution in [0.15, 0.2) is 30.3 Å². The third-order valence-electron chi connectivity index (χ3n) is 4.23. The highest BCUT2D eigenvalue weighted by Gasteiger charge is 2.68. The van der Waals surface area contributed by atoms with Crippen molar-refractivity contribution < 1.29 is 9.59 Å². The van der Waals surface area contributed by atoms with Crippen LogP contribution in [0.3, 0.4) is 0 Å². The van der Waals surface area contributed by atoms with E-state index in [9.17, 15) is 9.59 Å². The average molecular weight is 319 g/mol. The molecule has 0 aromatic heterocycles. The molecule has 2 aliphatic rings. The number of thioether (sulfide) groups is 1. The molecule has 1 unspecified atom stereocenters. The lowest BCUT2D eigenvalue weighted by Crippen LogP contribution is -2.80. The predicted molar refractivity (Wildman–Crippen MR) is 87.0 cm³/mol. The third-order valence-corrected chi connectivity index (χ3v) is 5.85. The van der Waals surface area contributed by atoms with Crippen LogP contribution in [-0.2, 0) is 16.1 Å². The molecule has 2 heterocycles. The first-order chi connectivity index (χ1) is 10.3. The number of hydrogen-bond acceptors (Lipinski definition) is 4. The molecule has 2 N–H and O–H groups in total. The fourth-order valence-corrected chi connectivity index (χ4v) is 4.64. The summed E-state index contributed by atoms with van der Waals surface area (Å²) in [7, 11) is 1.70. The smallest absolute Gasteiger partial charge is 0.256 e. The minimum atomic E-state index is -1.41. The fraction of sp³-hybridized carbons (Fsp3) is 0.500. The van der Waals surface area contributed by atoms with Gasteiger partial charge < -0.3 is 15.5 Å². The average Bonchev–Trinajstić information content (AvgIpc) is 2.80. The van der Waals surface area contributed by atoms with E-state index >= 15 is 0 Å². The van der Waals surface area contributed by atoms with Crippen molar-refractivity contribution in [2.24, 2.45) is 5.73 Å². The van der Waals surface area contributed by atoms with E-state index in [2.05, 4.69) is 13.8 Å². The number of amides is 2. The number of fused-ring (bicyclic) bond motifs is 1. The molecule has 0 aliphatic carbocycles. The zero-order valence-corrected chi connectivity index (χ0v) is 13.9. The van der Waals surface area contributed by atoms with Gasteiger partial charge in [0.1, 0.15) is 5.37 Å². The van der Waals surface area contributed by atoms with E-state index in [1.54, 1.807) is 28.6 Å². The molecule has 0 spiro atoms. The zero-order valence-electron chi connectivity index (χ0n) is 13.1. The molecule has 2 fully saturated rings. The number of nitrogens with two attached hydrogens (primary N) is 1. The molecule has 0 radical (unpaired) electrons. The molecule has 3 rings (SSSR count). The molecular formula is C16H21N3O2S. The molecule has 2 amide bonds. The number of likely N-dealkylation sites (N-methyl/N-ethyl adjacent to an activating group) is 1.